The third-order valence-electron chi connectivity index (χ3n) is 3.37. The van der Waals surface area contributed by atoms with Gasteiger partial charge in [0.15, 0.2) is 0 Å². The molecule has 0 N–H and O–H groups in total. The van der Waals surface area contributed by atoms with E-state index in [2.05, 4.69) is 12.8 Å². The van der Waals surface area contributed by atoms with Crippen molar-refractivity contribution in [3.8, 4) is 12.3 Å². The SMILES string of the molecule is C#CCN(CC1CC1)C(=O)c1ccccc1CC. The summed E-state index contributed by atoms with van der Waals surface area (Å²) in [5.74, 6) is 3.34. The lowest BCUT2D eigenvalue weighted by molar-refractivity contribution is 0.0768. The van der Waals surface area contributed by atoms with Crippen LogP contribution in [0, 0.1) is 18.3 Å². The Labute approximate surface area is 109 Å². The van der Waals surface area contributed by atoms with Gasteiger partial charge in [0.25, 0.3) is 5.91 Å². The van der Waals surface area contributed by atoms with Gasteiger partial charge in [-0.2, -0.15) is 0 Å². The predicted molar refractivity (Wildman–Crippen MR) is 73.3 cm³/mol. The lowest BCUT2D eigenvalue weighted by Crippen LogP contribution is -2.33. The summed E-state index contributed by atoms with van der Waals surface area (Å²) in [4.78, 5) is 14.3. The van der Waals surface area contributed by atoms with Gasteiger partial charge in [-0.3, -0.25) is 4.79 Å². The van der Waals surface area contributed by atoms with Crippen molar-refractivity contribution in [1.29, 1.82) is 0 Å². The first kappa shape index (κ1) is 12.7. The molecule has 1 amide bonds. The first-order chi connectivity index (χ1) is 8.76. The van der Waals surface area contributed by atoms with Gasteiger partial charge in [-0.15, -0.1) is 6.42 Å². The third kappa shape index (κ3) is 2.92. The van der Waals surface area contributed by atoms with Gasteiger partial charge in [0.05, 0.1) is 6.54 Å². The van der Waals surface area contributed by atoms with E-state index < -0.39 is 0 Å². The van der Waals surface area contributed by atoms with E-state index in [0.717, 1.165) is 24.1 Å². The maximum atomic E-state index is 12.5. The Morgan fingerprint density at radius 2 is 2.17 bits per heavy atom. The Bertz CT molecular complexity index is 468. The smallest absolute Gasteiger partial charge is 0.254 e. The number of rotatable bonds is 5. The van der Waals surface area contributed by atoms with Crippen LogP contribution in [0.2, 0.25) is 0 Å². The molecule has 1 fully saturated rings. The van der Waals surface area contributed by atoms with Gasteiger partial charge in [-0.25, -0.2) is 0 Å². The highest BCUT2D eigenvalue weighted by molar-refractivity contribution is 5.95. The highest BCUT2D eigenvalue weighted by Gasteiger charge is 2.27. The number of carbonyl (C=O) groups excluding carboxylic acids is 1. The molecule has 0 spiro atoms. The molecule has 1 aliphatic carbocycles. The highest BCUT2D eigenvalue weighted by atomic mass is 16.2. The number of benzene rings is 1. The molecule has 2 nitrogen and oxygen atoms in total. The van der Waals surface area contributed by atoms with E-state index in [1.54, 1.807) is 0 Å². The number of hydrogen-bond acceptors (Lipinski definition) is 1. The summed E-state index contributed by atoms with van der Waals surface area (Å²) in [6, 6.07) is 7.80. The second-order valence-electron chi connectivity index (χ2n) is 4.84. The van der Waals surface area contributed by atoms with E-state index >= 15 is 0 Å². The lowest BCUT2D eigenvalue weighted by Gasteiger charge is -2.21. The molecule has 1 aliphatic rings. The minimum absolute atomic E-state index is 0.0808. The van der Waals surface area contributed by atoms with Crippen molar-refractivity contribution < 1.29 is 4.79 Å². The van der Waals surface area contributed by atoms with Gasteiger partial charge in [0.1, 0.15) is 0 Å². The van der Waals surface area contributed by atoms with Crippen LogP contribution < -0.4 is 0 Å². The van der Waals surface area contributed by atoms with Crippen LogP contribution in [0.5, 0.6) is 0 Å². The number of nitrogens with zero attached hydrogens (tertiary/aromatic N) is 1. The zero-order chi connectivity index (χ0) is 13.0. The molecule has 2 rings (SSSR count). The quantitative estimate of drug-likeness (QED) is 0.726. The van der Waals surface area contributed by atoms with Crippen molar-refractivity contribution in [2.45, 2.75) is 26.2 Å². The van der Waals surface area contributed by atoms with Crippen LogP contribution in [0.25, 0.3) is 0 Å². The van der Waals surface area contributed by atoms with Crippen LogP contribution in [0.1, 0.15) is 35.7 Å². The maximum Gasteiger partial charge on any atom is 0.254 e. The van der Waals surface area contributed by atoms with Crippen molar-refractivity contribution in [2.24, 2.45) is 5.92 Å². The fourth-order valence-corrected chi connectivity index (χ4v) is 2.15. The number of terminal acetylenes is 1. The van der Waals surface area contributed by atoms with E-state index in [9.17, 15) is 4.79 Å². The largest absolute Gasteiger partial charge is 0.327 e. The molecule has 0 saturated heterocycles. The highest BCUT2D eigenvalue weighted by Crippen LogP contribution is 2.30. The molecule has 1 aromatic carbocycles. The normalized spacial score (nSPS) is 14.0. The minimum Gasteiger partial charge on any atom is -0.327 e. The van der Waals surface area contributed by atoms with E-state index in [1.165, 1.54) is 12.8 Å². The Morgan fingerprint density at radius 1 is 1.44 bits per heavy atom. The lowest BCUT2D eigenvalue weighted by atomic mass is 10.0. The summed E-state index contributed by atoms with van der Waals surface area (Å²) in [6.45, 7) is 3.28. The molecule has 2 heteroatoms. The summed E-state index contributed by atoms with van der Waals surface area (Å²) in [5.41, 5.74) is 1.90. The molecule has 0 bridgehead atoms. The van der Waals surface area contributed by atoms with Gasteiger partial charge in [-0.05, 0) is 36.8 Å². The van der Waals surface area contributed by atoms with E-state index in [-0.39, 0.29) is 5.91 Å². The average Bonchev–Trinajstić information content (AvgIpc) is 3.21. The number of hydrogen-bond donors (Lipinski definition) is 0. The van der Waals surface area contributed by atoms with Crippen LogP contribution >= 0.6 is 0 Å². The van der Waals surface area contributed by atoms with Crippen molar-refractivity contribution in [3.63, 3.8) is 0 Å². The molecule has 18 heavy (non-hydrogen) atoms. The van der Waals surface area contributed by atoms with Crippen LogP contribution in [-0.2, 0) is 6.42 Å². The Hall–Kier alpha value is -1.75. The standard InChI is InChI=1S/C16H19NO/c1-3-11-17(12-13-9-10-13)16(18)15-8-6-5-7-14(15)4-2/h1,5-8,13H,4,9-12H2,2H3. The summed E-state index contributed by atoms with van der Waals surface area (Å²) < 4.78 is 0. The number of carbonyl (C=O) groups is 1. The monoisotopic (exact) mass is 241 g/mol. The zero-order valence-corrected chi connectivity index (χ0v) is 10.9. The van der Waals surface area contributed by atoms with Crippen molar-refractivity contribution >= 4 is 5.91 Å². The van der Waals surface area contributed by atoms with Crippen LogP contribution in [0.3, 0.4) is 0 Å². The summed E-state index contributed by atoms with van der Waals surface area (Å²) in [5, 5.41) is 0. The Kier molecular flexibility index (Phi) is 4.04. The van der Waals surface area contributed by atoms with Crippen LogP contribution in [-0.4, -0.2) is 23.9 Å². The maximum absolute atomic E-state index is 12.5. The van der Waals surface area contributed by atoms with Gasteiger partial charge in [0, 0.05) is 12.1 Å². The molecule has 0 unspecified atom stereocenters. The summed E-state index contributed by atoms with van der Waals surface area (Å²) in [7, 11) is 0. The molecule has 1 saturated carbocycles. The second kappa shape index (κ2) is 5.73. The minimum atomic E-state index is 0.0808. The second-order valence-corrected chi connectivity index (χ2v) is 4.84. The fourth-order valence-electron chi connectivity index (χ4n) is 2.15. The van der Waals surface area contributed by atoms with Crippen molar-refractivity contribution in [3.05, 3.63) is 35.4 Å². The average molecular weight is 241 g/mol. The summed E-state index contributed by atoms with van der Waals surface area (Å²) in [6.07, 6.45) is 8.69. The molecular weight excluding hydrogens is 222 g/mol. The molecule has 0 heterocycles. The fraction of sp³-hybridized carbons (Fsp3) is 0.438. The van der Waals surface area contributed by atoms with Gasteiger partial charge < -0.3 is 4.90 Å². The Balaban J connectivity index is 2.18. The molecule has 0 aromatic heterocycles. The third-order valence-corrected chi connectivity index (χ3v) is 3.37. The topological polar surface area (TPSA) is 20.3 Å². The molecule has 0 radical (unpaired) electrons. The zero-order valence-electron chi connectivity index (χ0n) is 10.9. The van der Waals surface area contributed by atoms with Crippen molar-refractivity contribution in [2.75, 3.05) is 13.1 Å². The summed E-state index contributed by atoms with van der Waals surface area (Å²) >= 11 is 0. The van der Waals surface area contributed by atoms with Crippen molar-refractivity contribution in [1.82, 2.24) is 4.90 Å². The van der Waals surface area contributed by atoms with Crippen LogP contribution in [0.4, 0.5) is 0 Å². The molecule has 0 atom stereocenters. The Morgan fingerprint density at radius 3 is 2.78 bits per heavy atom. The van der Waals surface area contributed by atoms with Gasteiger partial charge in [0.2, 0.25) is 0 Å². The number of aryl methyl sites for hydroxylation is 1. The first-order valence-electron chi connectivity index (χ1n) is 6.57. The predicted octanol–water partition coefficient (Wildman–Crippen LogP) is 2.73. The molecule has 0 aliphatic heterocycles. The van der Waals surface area contributed by atoms with Gasteiger partial charge in [-0.1, -0.05) is 31.0 Å². The molecule has 94 valence electrons. The molecule has 1 aromatic rings. The van der Waals surface area contributed by atoms with E-state index in [1.807, 2.05) is 29.2 Å². The first-order valence-corrected chi connectivity index (χ1v) is 6.57. The molecular formula is C16H19NO. The van der Waals surface area contributed by atoms with Gasteiger partial charge >= 0.3 is 0 Å². The number of amides is 1. The van der Waals surface area contributed by atoms with Crippen LogP contribution in [0.15, 0.2) is 24.3 Å². The van der Waals surface area contributed by atoms with E-state index in [0.29, 0.717) is 12.5 Å². The van der Waals surface area contributed by atoms with E-state index in [4.69, 9.17) is 6.42 Å².